The molecule has 6 nitrogen and oxygen atoms in total. The highest BCUT2D eigenvalue weighted by Crippen LogP contribution is 2.42. The van der Waals surface area contributed by atoms with Crippen LogP contribution in [0.5, 0.6) is 23.0 Å². The molecule has 2 aliphatic rings. The van der Waals surface area contributed by atoms with E-state index in [1.54, 1.807) is 31.6 Å². The van der Waals surface area contributed by atoms with Gasteiger partial charge in [0, 0.05) is 17.5 Å². The highest BCUT2D eigenvalue weighted by Gasteiger charge is 2.33. The van der Waals surface area contributed by atoms with Crippen molar-refractivity contribution in [2.24, 2.45) is 0 Å². The summed E-state index contributed by atoms with van der Waals surface area (Å²) in [7, 11) is 3.27. The average molecular weight is 450 g/mol. The molecule has 1 amide bonds. The maximum absolute atomic E-state index is 13.3. The first-order chi connectivity index (χ1) is 15.7. The van der Waals surface area contributed by atoms with Crippen LogP contribution in [0.4, 0.5) is 0 Å². The minimum Gasteiger partial charge on any atom is -0.493 e. The molecule has 3 aromatic rings. The minimum atomic E-state index is -0.174. The lowest BCUT2D eigenvalue weighted by Gasteiger charge is -2.37. The number of fused-ring (bicyclic) bond motifs is 2. The number of hydrogen-bond donors (Lipinski definition) is 0. The topological polar surface area (TPSA) is 57.2 Å². The van der Waals surface area contributed by atoms with Crippen molar-refractivity contribution in [3.63, 3.8) is 0 Å². The first kappa shape index (κ1) is 20.5. The van der Waals surface area contributed by atoms with Gasteiger partial charge in [0.25, 0.3) is 0 Å². The number of methoxy groups -OCH3 is 2. The Balaban J connectivity index is 1.47. The largest absolute Gasteiger partial charge is 0.493 e. The third-order valence-electron chi connectivity index (χ3n) is 5.78. The zero-order chi connectivity index (χ0) is 22.1. The Kier molecular flexibility index (Phi) is 5.49. The van der Waals surface area contributed by atoms with Gasteiger partial charge in [0.1, 0.15) is 0 Å². The molecule has 7 heteroatoms. The minimum absolute atomic E-state index is 0.0403. The van der Waals surface area contributed by atoms with Crippen molar-refractivity contribution < 1.29 is 23.7 Å². The molecule has 0 N–H and O–H groups in total. The van der Waals surface area contributed by atoms with Gasteiger partial charge in [0.15, 0.2) is 23.0 Å². The number of ether oxygens (including phenoxy) is 4. The molecule has 0 saturated carbocycles. The van der Waals surface area contributed by atoms with Crippen LogP contribution in [0.3, 0.4) is 0 Å². The van der Waals surface area contributed by atoms with Gasteiger partial charge in [-0.25, -0.2) is 0 Å². The Labute approximate surface area is 190 Å². The molecule has 2 aromatic carbocycles. The highest BCUT2D eigenvalue weighted by atomic mass is 32.1. The fourth-order valence-electron chi connectivity index (χ4n) is 4.22. The zero-order valence-corrected chi connectivity index (χ0v) is 18.7. The van der Waals surface area contributed by atoms with Gasteiger partial charge in [-0.3, -0.25) is 4.79 Å². The van der Waals surface area contributed by atoms with E-state index in [1.807, 2.05) is 52.8 Å². The summed E-state index contributed by atoms with van der Waals surface area (Å²) in [6.45, 7) is 0.848. The predicted octanol–water partition coefficient (Wildman–Crippen LogP) is 4.68. The number of rotatable bonds is 5. The lowest BCUT2D eigenvalue weighted by Crippen LogP contribution is -2.39. The molecular formula is C25H23NO5S. The Hall–Kier alpha value is -3.45. The highest BCUT2D eigenvalue weighted by molar-refractivity contribution is 7.10. The number of nitrogens with zero attached hydrogens (tertiary/aromatic N) is 1. The number of amides is 1. The monoisotopic (exact) mass is 449 g/mol. The summed E-state index contributed by atoms with van der Waals surface area (Å²) in [5, 5.41) is 2.04. The van der Waals surface area contributed by atoms with Crippen molar-refractivity contribution in [3.8, 4) is 23.0 Å². The van der Waals surface area contributed by atoms with E-state index in [1.165, 1.54) is 5.56 Å². The molecule has 3 heterocycles. The Morgan fingerprint density at radius 2 is 1.91 bits per heavy atom. The van der Waals surface area contributed by atoms with Crippen LogP contribution in [0.15, 0.2) is 53.9 Å². The van der Waals surface area contributed by atoms with Crippen molar-refractivity contribution in [2.75, 3.05) is 27.6 Å². The van der Waals surface area contributed by atoms with Crippen LogP contribution in [0.1, 0.15) is 27.6 Å². The molecule has 1 atom stereocenters. The van der Waals surface area contributed by atoms with Crippen LogP contribution >= 0.6 is 11.3 Å². The number of carbonyl (C=O) groups excluding carboxylic acids is 1. The molecule has 0 unspecified atom stereocenters. The lowest BCUT2D eigenvalue weighted by molar-refractivity contribution is -0.127. The average Bonchev–Trinajstić information content (AvgIpc) is 3.52. The number of benzene rings is 2. The predicted molar refractivity (Wildman–Crippen MR) is 123 cm³/mol. The Morgan fingerprint density at radius 1 is 1.09 bits per heavy atom. The quantitative estimate of drug-likeness (QED) is 0.530. The van der Waals surface area contributed by atoms with Gasteiger partial charge in [-0.1, -0.05) is 12.1 Å². The molecule has 0 spiro atoms. The van der Waals surface area contributed by atoms with Crippen molar-refractivity contribution in [2.45, 2.75) is 12.5 Å². The van der Waals surface area contributed by atoms with Gasteiger partial charge >= 0.3 is 0 Å². The van der Waals surface area contributed by atoms with Gasteiger partial charge in [-0.15, -0.1) is 11.3 Å². The van der Waals surface area contributed by atoms with E-state index in [0.717, 1.165) is 28.2 Å². The van der Waals surface area contributed by atoms with Gasteiger partial charge in [-0.05, 0) is 64.9 Å². The molecule has 1 aromatic heterocycles. The molecule has 0 radical (unpaired) electrons. The van der Waals surface area contributed by atoms with Crippen molar-refractivity contribution in [3.05, 3.63) is 75.5 Å². The first-order valence-electron chi connectivity index (χ1n) is 10.3. The summed E-state index contributed by atoms with van der Waals surface area (Å²) in [6, 6.07) is 13.6. The summed E-state index contributed by atoms with van der Waals surface area (Å²) in [5.41, 5.74) is 3.13. The van der Waals surface area contributed by atoms with E-state index in [-0.39, 0.29) is 18.7 Å². The van der Waals surface area contributed by atoms with Crippen LogP contribution in [-0.2, 0) is 11.2 Å². The normalized spacial score (nSPS) is 16.8. The van der Waals surface area contributed by atoms with Gasteiger partial charge < -0.3 is 23.8 Å². The smallest absolute Gasteiger partial charge is 0.247 e. The van der Waals surface area contributed by atoms with Crippen LogP contribution < -0.4 is 18.9 Å². The molecule has 0 fully saturated rings. The number of thiophene rings is 1. The summed E-state index contributed by atoms with van der Waals surface area (Å²) in [4.78, 5) is 16.4. The molecule has 164 valence electrons. The van der Waals surface area contributed by atoms with E-state index >= 15 is 0 Å². The Bertz CT molecular complexity index is 1170. The van der Waals surface area contributed by atoms with E-state index in [2.05, 4.69) is 6.07 Å². The van der Waals surface area contributed by atoms with Crippen LogP contribution in [0.2, 0.25) is 0 Å². The van der Waals surface area contributed by atoms with Gasteiger partial charge in [0.2, 0.25) is 12.7 Å². The molecule has 32 heavy (non-hydrogen) atoms. The SMILES string of the molecule is COc1cc2c(cc1OC)[C@@H](c1cccs1)N(C(=O)/C=C/c1ccc3c(c1)OCO3)CC2. The van der Waals surface area contributed by atoms with Crippen molar-refractivity contribution in [1.82, 2.24) is 4.90 Å². The molecule has 0 aliphatic carbocycles. The summed E-state index contributed by atoms with van der Waals surface area (Å²) in [5.74, 6) is 2.76. The van der Waals surface area contributed by atoms with Crippen LogP contribution in [0, 0.1) is 0 Å². The standard InChI is InChI=1S/C25H23NO5S/c1-28-20-13-17-9-10-26(25(23-4-3-11-32-23)18(17)14-21(20)29-2)24(27)8-6-16-5-7-19-22(12-16)31-15-30-19/h3-8,11-14,25H,9-10,15H2,1-2H3/b8-6+/t25-/m0/s1. The third-order valence-corrected chi connectivity index (χ3v) is 6.71. The molecule has 0 saturated heterocycles. The molecule has 0 bridgehead atoms. The maximum Gasteiger partial charge on any atom is 0.247 e. The van der Waals surface area contributed by atoms with E-state index in [4.69, 9.17) is 18.9 Å². The summed E-state index contributed by atoms with van der Waals surface area (Å²) < 4.78 is 21.8. The van der Waals surface area contributed by atoms with E-state index < -0.39 is 0 Å². The fourth-order valence-corrected chi connectivity index (χ4v) is 5.07. The number of hydrogen-bond acceptors (Lipinski definition) is 6. The van der Waals surface area contributed by atoms with Gasteiger partial charge in [0.05, 0.1) is 20.3 Å². The molecule has 5 rings (SSSR count). The molecule has 2 aliphatic heterocycles. The first-order valence-corrected chi connectivity index (χ1v) is 11.2. The Morgan fingerprint density at radius 3 is 2.69 bits per heavy atom. The van der Waals surface area contributed by atoms with Crippen LogP contribution in [-0.4, -0.2) is 38.4 Å². The van der Waals surface area contributed by atoms with Crippen molar-refractivity contribution in [1.29, 1.82) is 0 Å². The van der Waals surface area contributed by atoms with Crippen LogP contribution in [0.25, 0.3) is 6.08 Å². The molecular weight excluding hydrogens is 426 g/mol. The second-order valence-electron chi connectivity index (χ2n) is 7.55. The zero-order valence-electron chi connectivity index (χ0n) is 17.9. The lowest BCUT2D eigenvalue weighted by atomic mass is 9.90. The summed E-state index contributed by atoms with van der Waals surface area (Å²) >= 11 is 1.65. The second-order valence-corrected chi connectivity index (χ2v) is 8.53. The summed E-state index contributed by atoms with van der Waals surface area (Å²) in [6.07, 6.45) is 4.20. The van der Waals surface area contributed by atoms with E-state index in [0.29, 0.717) is 23.8 Å². The third kappa shape index (κ3) is 3.69. The van der Waals surface area contributed by atoms with Gasteiger partial charge in [-0.2, -0.15) is 0 Å². The maximum atomic E-state index is 13.3. The second kappa shape index (κ2) is 8.59. The van der Waals surface area contributed by atoms with E-state index in [9.17, 15) is 4.79 Å². The number of carbonyl (C=O) groups is 1. The van der Waals surface area contributed by atoms with Crippen molar-refractivity contribution >= 4 is 23.3 Å². The fraction of sp³-hybridized carbons (Fsp3) is 0.240.